The first kappa shape index (κ1) is 27.9. The molecule has 1 atom stereocenters. The Bertz CT molecular complexity index is 1390. The van der Waals surface area contributed by atoms with Gasteiger partial charge in [-0.05, 0) is 63.6 Å². The van der Waals surface area contributed by atoms with E-state index < -0.39 is 23.1 Å². The zero-order chi connectivity index (χ0) is 27.8. The summed E-state index contributed by atoms with van der Waals surface area (Å²) in [5.74, 6) is 0.0435. The van der Waals surface area contributed by atoms with Crippen LogP contribution in [0.25, 0.3) is 0 Å². The van der Waals surface area contributed by atoms with Crippen LogP contribution in [0.4, 0.5) is 14.9 Å². The Balaban J connectivity index is 1.62. The molecule has 0 aromatic heterocycles. The molecule has 1 aliphatic heterocycles. The van der Waals surface area contributed by atoms with E-state index >= 15 is 0 Å². The maximum Gasteiger partial charge on any atom is 0.415 e. The molecule has 200 valence electrons. The summed E-state index contributed by atoms with van der Waals surface area (Å²) < 4.78 is 26.1. The molecule has 9 heteroatoms. The highest BCUT2D eigenvalue weighted by atomic mass is 79.9. The topological polar surface area (TPSA) is 59.1 Å². The molecule has 0 fully saturated rings. The largest absolute Gasteiger partial charge is 0.457 e. The van der Waals surface area contributed by atoms with Crippen LogP contribution < -0.4 is 9.64 Å². The van der Waals surface area contributed by atoms with E-state index in [1.165, 1.54) is 23.1 Å². The SMILES string of the molecule is CN(Cc1ccc(Br)cc1Oc1ccc(F)c(Cl)c1)C(=O)C1(C)Cc2ccccc2N1C(=O)OC(C)(C)C. The number of anilines is 1. The van der Waals surface area contributed by atoms with Gasteiger partial charge in [-0.2, -0.15) is 0 Å². The van der Waals surface area contributed by atoms with Gasteiger partial charge in [0.25, 0.3) is 0 Å². The summed E-state index contributed by atoms with van der Waals surface area (Å²) in [4.78, 5) is 30.4. The summed E-state index contributed by atoms with van der Waals surface area (Å²) in [5, 5.41) is -0.0534. The average Bonchev–Trinajstić information content (AvgIpc) is 3.14. The minimum atomic E-state index is -1.19. The predicted molar refractivity (Wildman–Crippen MR) is 149 cm³/mol. The first-order chi connectivity index (χ1) is 17.8. The molecule has 0 bridgehead atoms. The van der Waals surface area contributed by atoms with Crippen molar-refractivity contribution in [3.05, 3.63) is 87.1 Å². The minimum absolute atomic E-state index is 0.0534. The zero-order valence-corrected chi connectivity index (χ0v) is 24.2. The molecule has 0 aliphatic carbocycles. The van der Waals surface area contributed by atoms with Gasteiger partial charge >= 0.3 is 6.09 Å². The van der Waals surface area contributed by atoms with Crippen LogP contribution in [0.1, 0.15) is 38.8 Å². The van der Waals surface area contributed by atoms with E-state index in [2.05, 4.69) is 15.9 Å². The third kappa shape index (κ3) is 5.81. The van der Waals surface area contributed by atoms with Crippen LogP contribution in [0.2, 0.25) is 5.02 Å². The molecule has 1 unspecified atom stereocenters. The van der Waals surface area contributed by atoms with Crippen molar-refractivity contribution >= 4 is 45.2 Å². The predicted octanol–water partition coefficient (Wildman–Crippen LogP) is 7.75. The summed E-state index contributed by atoms with van der Waals surface area (Å²) >= 11 is 9.38. The van der Waals surface area contributed by atoms with E-state index in [1.807, 2.05) is 36.4 Å². The maximum atomic E-state index is 14.0. The molecule has 0 saturated heterocycles. The Morgan fingerprint density at radius 2 is 1.84 bits per heavy atom. The number of benzene rings is 3. The summed E-state index contributed by atoms with van der Waals surface area (Å²) in [6.45, 7) is 7.34. The summed E-state index contributed by atoms with van der Waals surface area (Å²) in [6.07, 6.45) is -0.226. The molecular weight excluding hydrogens is 575 g/mol. The number of likely N-dealkylation sites (N-methyl/N-ethyl adjacent to an activating group) is 1. The summed E-state index contributed by atoms with van der Waals surface area (Å²) in [6, 6.07) is 17.0. The third-order valence-electron chi connectivity index (χ3n) is 6.20. The van der Waals surface area contributed by atoms with Crippen molar-refractivity contribution in [2.75, 3.05) is 11.9 Å². The normalized spacial score (nSPS) is 16.7. The second-order valence-corrected chi connectivity index (χ2v) is 11.8. The number of para-hydroxylation sites is 1. The van der Waals surface area contributed by atoms with Gasteiger partial charge in [0.05, 0.1) is 10.7 Å². The molecule has 0 radical (unpaired) electrons. The van der Waals surface area contributed by atoms with Crippen LogP contribution >= 0.6 is 27.5 Å². The van der Waals surface area contributed by atoms with Gasteiger partial charge in [-0.3, -0.25) is 9.69 Å². The van der Waals surface area contributed by atoms with Gasteiger partial charge in [0, 0.05) is 36.1 Å². The Labute approximate surface area is 235 Å². The van der Waals surface area contributed by atoms with E-state index in [0.717, 1.165) is 10.0 Å². The third-order valence-corrected chi connectivity index (χ3v) is 6.98. The number of hydrogen-bond donors (Lipinski definition) is 0. The van der Waals surface area contributed by atoms with Crippen LogP contribution in [0, 0.1) is 5.82 Å². The summed E-state index contributed by atoms with van der Waals surface area (Å²) in [5.41, 5.74) is 0.349. The quantitative estimate of drug-likeness (QED) is 0.299. The van der Waals surface area contributed by atoms with Crippen molar-refractivity contribution in [2.45, 2.75) is 51.8 Å². The highest BCUT2D eigenvalue weighted by Crippen LogP contribution is 2.41. The molecule has 2 amide bonds. The molecule has 0 spiro atoms. The number of halogens is 3. The lowest BCUT2D eigenvalue weighted by molar-refractivity contribution is -0.135. The van der Waals surface area contributed by atoms with Gasteiger partial charge in [0.1, 0.15) is 28.5 Å². The fraction of sp³-hybridized carbons (Fsp3) is 0.310. The van der Waals surface area contributed by atoms with Gasteiger partial charge in [0.2, 0.25) is 5.91 Å². The smallest absolute Gasteiger partial charge is 0.415 e. The van der Waals surface area contributed by atoms with Crippen LogP contribution in [0.15, 0.2) is 65.1 Å². The van der Waals surface area contributed by atoms with Gasteiger partial charge in [-0.15, -0.1) is 0 Å². The second-order valence-electron chi connectivity index (χ2n) is 10.5. The van der Waals surface area contributed by atoms with Crippen molar-refractivity contribution in [1.29, 1.82) is 0 Å². The number of hydrogen-bond acceptors (Lipinski definition) is 4. The fourth-order valence-electron chi connectivity index (χ4n) is 4.53. The van der Waals surface area contributed by atoms with E-state index in [0.29, 0.717) is 29.2 Å². The van der Waals surface area contributed by atoms with Gasteiger partial charge in [-0.25, -0.2) is 9.18 Å². The number of amides is 2. The lowest BCUT2D eigenvalue weighted by Gasteiger charge is -2.38. The number of rotatable bonds is 5. The Kier molecular flexibility index (Phi) is 7.77. The Morgan fingerprint density at radius 1 is 1.13 bits per heavy atom. The van der Waals surface area contributed by atoms with Crippen LogP contribution in [0.5, 0.6) is 11.5 Å². The molecule has 6 nitrogen and oxygen atoms in total. The second kappa shape index (κ2) is 10.6. The van der Waals surface area contributed by atoms with Gasteiger partial charge in [0.15, 0.2) is 0 Å². The van der Waals surface area contributed by atoms with Crippen molar-refractivity contribution in [3.63, 3.8) is 0 Å². The molecule has 1 aliphatic rings. The van der Waals surface area contributed by atoms with Gasteiger partial charge < -0.3 is 14.4 Å². The fourth-order valence-corrected chi connectivity index (χ4v) is 5.04. The first-order valence-corrected chi connectivity index (χ1v) is 13.2. The van der Waals surface area contributed by atoms with Crippen molar-refractivity contribution < 1.29 is 23.5 Å². The maximum absolute atomic E-state index is 14.0. The minimum Gasteiger partial charge on any atom is -0.457 e. The number of fused-ring (bicyclic) bond motifs is 1. The van der Waals surface area contributed by atoms with Gasteiger partial charge in [-0.1, -0.05) is 51.8 Å². The Morgan fingerprint density at radius 3 is 2.53 bits per heavy atom. The van der Waals surface area contributed by atoms with E-state index in [-0.39, 0.29) is 17.5 Å². The number of carbonyl (C=O) groups excluding carboxylic acids is 2. The van der Waals surface area contributed by atoms with E-state index in [9.17, 15) is 14.0 Å². The molecule has 0 saturated carbocycles. The van der Waals surface area contributed by atoms with Crippen LogP contribution in [-0.4, -0.2) is 35.1 Å². The average molecular weight is 604 g/mol. The van der Waals surface area contributed by atoms with E-state index in [1.54, 1.807) is 45.7 Å². The number of carbonyl (C=O) groups is 2. The number of nitrogens with zero attached hydrogens (tertiary/aromatic N) is 2. The molecule has 4 rings (SSSR count). The molecule has 38 heavy (non-hydrogen) atoms. The highest BCUT2D eigenvalue weighted by Gasteiger charge is 2.51. The van der Waals surface area contributed by atoms with Crippen molar-refractivity contribution in [2.24, 2.45) is 0 Å². The molecule has 0 N–H and O–H groups in total. The van der Waals surface area contributed by atoms with Crippen LogP contribution in [0.3, 0.4) is 0 Å². The van der Waals surface area contributed by atoms with Crippen molar-refractivity contribution in [3.8, 4) is 11.5 Å². The zero-order valence-electron chi connectivity index (χ0n) is 21.8. The Hall–Kier alpha value is -3.10. The molecule has 3 aromatic rings. The lowest BCUT2D eigenvalue weighted by atomic mass is 9.94. The first-order valence-electron chi connectivity index (χ1n) is 12.1. The summed E-state index contributed by atoms with van der Waals surface area (Å²) in [7, 11) is 1.68. The molecule has 1 heterocycles. The standard InChI is InChI=1S/C29H29BrClFN2O4/c1-28(2,3)38-27(36)34-24-9-7-6-8-18(24)16-29(34,4)26(35)33(5)17-19-10-11-20(30)14-25(19)37-21-12-13-23(32)22(31)15-21/h6-15H,16-17H2,1-5H3. The molecule has 3 aromatic carbocycles. The van der Waals surface area contributed by atoms with E-state index in [4.69, 9.17) is 21.1 Å². The number of ether oxygens (including phenoxy) is 2. The van der Waals surface area contributed by atoms with Crippen LogP contribution in [-0.2, 0) is 22.5 Å². The monoisotopic (exact) mass is 602 g/mol. The lowest BCUT2D eigenvalue weighted by Crippen LogP contribution is -2.58. The highest BCUT2D eigenvalue weighted by molar-refractivity contribution is 9.10. The molecular formula is C29H29BrClFN2O4. The van der Waals surface area contributed by atoms with Crippen molar-refractivity contribution in [1.82, 2.24) is 4.90 Å².